The first-order valence-corrected chi connectivity index (χ1v) is 13.0. The molecule has 0 bridgehead atoms. The number of aryl methyl sites for hydroxylation is 1. The number of ether oxygens (including phenoxy) is 1. The van der Waals surface area contributed by atoms with Crippen molar-refractivity contribution in [2.45, 2.75) is 71.8 Å². The van der Waals surface area contributed by atoms with E-state index in [0.717, 1.165) is 22.1 Å². The number of aliphatic hydroxyl groups excluding tert-OH is 2. The van der Waals surface area contributed by atoms with Crippen LogP contribution in [0.4, 0.5) is 4.39 Å². The largest absolute Gasteiger partial charge is 0.458 e. The van der Waals surface area contributed by atoms with Gasteiger partial charge in [-0.25, -0.2) is 14.2 Å². The van der Waals surface area contributed by atoms with E-state index in [4.69, 9.17) is 14.8 Å². The van der Waals surface area contributed by atoms with E-state index in [9.17, 15) is 23.9 Å². The fourth-order valence-corrected chi connectivity index (χ4v) is 5.75. The summed E-state index contributed by atoms with van der Waals surface area (Å²) in [5, 5.41) is 23.3. The second kappa shape index (κ2) is 9.92. The van der Waals surface area contributed by atoms with E-state index >= 15 is 0 Å². The zero-order valence-corrected chi connectivity index (χ0v) is 21.6. The molecule has 2 aromatic heterocycles. The molecule has 0 fully saturated rings. The molecule has 0 saturated heterocycles. The zero-order chi connectivity index (χ0) is 27.3. The van der Waals surface area contributed by atoms with Gasteiger partial charge in [0.05, 0.1) is 35.1 Å². The summed E-state index contributed by atoms with van der Waals surface area (Å²) in [7, 11) is 0. The van der Waals surface area contributed by atoms with Gasteiger partial charge in [0.1, 0.15) is 12.4 Å². The van der Waals surface area contributed by atoms with Gasteiger partial charge in [-0.3, -0.25) is 9.59 Å². The summed E-state index contributed by atoms with van der Waals surface area (Å²) in [6.07, 6.45) is 0.0676. The van der Waals surface area contributed by atoms with Crippen molar-refractivity contribution in [1.29, 1.82) is 0 Å². The first-order chi connectivity index (χ1) is 18.3. The van der Waals surface area contributed by atoms with Crippen molar-refractivity contribution < 1.29 is 28.9 Å². The molecule has 2 atom stereocenters. The van der Waals surface area contributed by atoms with Gasteiger partial charge in [-0.2, -0.15) is 0 Å². The van der Waals surface area contributed by atoms with E-state index in [1.54, 1.807) is 13.0 Å². The molecular formula is C28H30FN3O6. The molecule has 2 unspecified atom stereocenters. The number of pyridine rings is 2. The van der Waals surface area contributed by atoms with Gasteiger partial charge >= 0.3 is 5.97 Å². The first kappa shape index (κ1) is 26.0. The highest BCUT2D eigenvalue weighted by Gasteiger charge is 2.37. The van der Waals surface area contributed by atoms with Crippen molar-refractivity contribution in [2.75, 3.05) is 6.61 Å². The summed E-state index contributed by atoms with van der Waals surface area (Å²) in [5.74, 6) is -1.39. The minimum atomic E-state index is -1.57. The predicted octanol–water partition coefficient (Wildman–Crippen LogP) is 2.87. The van der Waals surface area contributed by atoms with E-state index in [-0.39, 0.29) is 60.6 Å². The summed E-state index contributed by atoms with van der Waals surface area (Å²) >= 11 is 0. The number of halogens is 1. The van der Waals surface area contributed by atoms with E-state index in [1.807, 2.05) is 13.8 Å². The molecule has 9 nitrogen and oxygen atoms in total. The number of aromatic nitrogens is 2. The fraction of sp³-hybridized carbons (Fsp3) is 0.429. The Hall–Kier alpha value is -3.63. The number of fused-ring (bicyclic) bond motifs is 5. The van der Waals surface area contributed by atoms with Crippen molar-refractivity contribution in [3.05, 3.63) is 61.7 Å². The Kier molecular flexibility index (Phi) is 6.79. The molecule has 1 aromatic carbocycles. The smallest absolute Gasteiger partial charge is 0.340 e. The molecule has 4 heterocycles. The maximum absolute atomic E-state index is 14.9. The lowest BCUT2D eigenvalue weighted by atomic mass is 9.81. The predicted molar refractivity (Wildman–Crippen MR) is 137 cm³/mol. The Morgan fingerprint density at radius 2 is 2.00 bits per heavy atom. The maximum atomic E-state index is 14.9. The third kappa shape index (κ3) is 3.90. The average Bonchev–Trinajstić information content (AvgIpc) is 3.28. The van der Waals surface area contributed by atoms with E-state index in [2.05, 4.69) is 5.32 Å². The highest BCUT2D eigenvalue weighted by atomic mass is 19.1. The lowest BCUT2D eigenvalue weighted by Crippen LogP contribution is -2.33. The highest BCUT2D eigenvalue weighted by molar-refractivity contribution is 5.93. The SMILES string of the molecule is CC.Cc1c(F)cc2nc3c(c4c2c1CCC4NC(=O)CCCO)Cn1c-3cc2c(c1=O)COC(=O)C2O. The van der Waals surface area contributed by atoms with Gasteiger partial charge in [-0.15, -0.1) is 0 Å². The molecule has 0 radical (unpaired) electrons. The summed E-state index contributed by atoms with van der Waals surface area (Å²) in [5.41, 5.74) is 4.29. The Morgan fingerprint density at radius 1 is 1.24 bits per heavy atom. The standard InChI is InChI=1S/C26H24FN3O6.C2H6/c1-11-12-4-5-17(28-20(32)3-2-6-31)22-14-9-30-19(23(14)29-18(21(12)22)8-16(11)27)7-13-15(25(30)34)10-36-26(35)24(13)33;1-2/h7-8,17,24,31,33H,2-6,9-10H2,1H3,(H,28,32);1-2H3. The van der Waals surface area contributed by atoms with E-state index in [1.165, 1.54) is 10.6 Å². The normalized spacial score (nSPS) is 18.6. The second-order valence-electron chi connectivity index (χ2n) is 9.56. The number of cyclic esters (lactones) is 1. The Balaban J connectivity index is 0.00000144. The number of nitrogens with one attached hydrogen (secondary N) is 1. The molecule has 2 aliphatic heterocycles. The number of rotatable bonds is 4. The molecular weight excluding hydrogens is 493 g/mol. The van der Waals surface area contributed by atoms with Crippen LogP contribution in [0.3, 0.4) is 0 Å². The number of aliphatic hydroxyl groups is 2. The van der Waals surface area contributed by atoms with Gasteiger partial charge < -0.3 is 24.8 Å². The zero-order valence-electron chi connectivity index (χ0n) is 21.6. The number of amides is 1. The van der Waals surface area contributed by atoms with E-state index in [0.29, 0.717) is 41.7 Å². The van der Waals surface area contributed by atoms with E-state index < -0.39 is 12.1 Å². The molecule has 3 aromatic rings. The summed E-state index contributed by atoms with van der Waals surface area (Å²) < 4.78 is 21.3. The molecule has 1 aliphatic carbocycles. The summed E-state index contributed by atoms with van der Waals surface area (Å²) in [4.78, 5) is 42.7. The van der Waals surface area contributed by atoms with Crippen LogP contribution in [0.25, 0.3) is 22.3 Å². The van der Waals surface area contributed by atoms with Crippen LogP contribution in [-0.2, 0) is 33.9 Å². The van der Waals surface area contributed by atoms with Crippen molar-refractivity contribution >= 4 is 22.8 Å². The Bertz CT molecular complexity index is 1550. The van der Waals surface area contributed by atoms with Crippen LogP contribution >= 0.6 is 0 Å². The quantitative estimate of drug-likeness (QED) is 0.351. The van der Waals surface area contributed by atoms with Crippen LogP contribution in [0, 0.1) is 12.7 Å². The van der Waals surface area contributed by atoms with Crippen LogP contribution in [0.2, 0.25) is 0 Å². The number of carbonyl (C=O) groups excluding carboxylic acids is 2. The van der Waals surface area contributed by atoms with Crippen LogP contribution in [-0.4, -0.2) is 38.2 Å². The Morgan fingerprint density at radius 3 is 2.74 bits per heavy atom. The van der Waals surface area contributed by atoms with Gasteiger partial charge in [-0.1, -0.05) is 13.8 Å². The molecule has 3 N–H and O–H groups in total. The van der Waals surface area contributed by atoms with Gasteiger partial charge in [-0.05, 0) is 48.9 Å². The van der Waals surface area contributed by atoms with Crippen LogP contribution < -0.4 is 10.9 Å². The van der Waals surface area contributed by atoms with Crippen molar-refractivity contribution in [3.63, 3.8) is 0 Å². The van der Waals surface area contributed by atoms with Crippen molar-refractivity contribution in [3.8, 4) is 11.4 Å². The molecule has 1 amide bonds. The fourth-order valence-electron chi connectivity index (χ4n) is 5.75. The average molecular weight is 524 g/mol. The summed E-state index contributed by atoms with van der Waals surface area (Å²) in [6, 6.07) is 2.59. The van der Waals surface area contributed by atoms with Crippen molar-refractivity contribution in [2.24, 2.45) is 0 Å². The number of benzene rings is 1. The highest BCUT2D eigenvalue weighted by Crippen LogP contribution is 2.45. The lowest BCUT2D eigenvalue weighted by Gasteiger charge is -2.29. The molecule has 38 heavy (non-hydrogen) atoms. The van der Waals surface area contributed by atoms with Crippen LogP contribution in [0.1, 0.15) is 78.6 Å². The lowest BCUT2D eigenvalue weighted by molar-refractivity contribution is -0.157. The number of nitrogens with zero attached hydrogens (tertiary/aromatic N) is 2. The van der Waals surface area contributed by atoms with Crippen molar-refractivity contribution in [1.82, 2.24) is 14.9 Å². The monoisotopic (exact) mass is 523 g/mol. The minimum Gasteiger partial charge on any atom is -0.458 e. The topological polar surface area (TPSA) is 131 Å². The number of carbonyl (C=O) groups is 2. The molecule has 0 saturated carbocycles. The van der Waals surface area contributed by atoms with Gasteiger partial charge in [0.15, 0.2) is 6.10 Å². The first-order valence-electron chi connectivity index (χ1n) is 13.0. The summed E-state index contributed by atoms with van der Waals surface area (Å²) in [6.45, 7) is 5.61. The van der Waals surface area contributed by atoms with Gasteiger partial charge in [0.25, 0.3) is 5.56 Å². The van der Waals surface area contributed by atoms with Crippen LogP contribution in [0.5, 0.6) is 0 Å². The molecule has 3 aliphatic rings. The Labute approximate surface area is 218 Å². The molecule has 10 heteroatoms. The van der Waals surface area contributed by atoms with Gasteiger partial charge in [0.2, 0.25) is 5.91 Å². The van der Waals surface area contributed by atoms with Gasteiger partial charge in [0, 0.05) is 35.6 Å². The third-order valence-electron chi connectivity index (χ3n) is 7.54. The second-order valence-corrected chi connectivity index (χ2v) is 9.56. The number of hydrogen-bond donors (Lipinski definition) is 3. The van der Waals surface area contributed by atoms with Crippen LogP contribution in [0.15, 0.2) is 16.9 Å². The molecule has 200 valence electrons. The third-order valence-corrected chi connectivity index (χ3v) is 7.54. The number of esters is 1. The minimum absolute atomic E-state index is 0.0880. The maximum Gasteiger partial charge on any atom is 0.340 e. The number of hydrogen-bond acceptors (Lipinski definition) is 7. The molecule has 6 rings (SSSR count). The molecule has 0 spiro atoms.